The molecule has 2 N–H and O–H groups in total. The lowest BCUT2D eigenvalue weighted by Crippen LogP contribution is -2.22. The molecular formula is C18H23F2N5O3. The van der Waals surface area contributed by atoms with Gasteiger partial charge in [-0.25, -0.2) is 23.7 Å². The fraction of sp³-hybridized carbons (Fsp3) is 0.444. The van der Waals surface area contributed by atoms with Crippen molar-refractivity contribution in [3.63, 3.8) is 0 Å². The maximum atomic E-state index is 14.3. The van der Waals surface area contributed by atoms with Gasteiger partial charge >= 0.3 is 0 Å². The molecule has 0 saturated carbocycles. The number of aryl methyl sites for hydroxylation is 1. The molecule has 0 aliphatic carbocycles. The Bertz CT molecular complexity index is 833. The summed E-state index contributed by atoms with van der Waals surface area (Å²) in [5.41, 5.74) is -1.41. The summed E-state index contributed by atoms with van der Waals surface area (Å²) >= 11 is 0. The van der Waals surface area contributed by atoms with Crippen molar-refractivity contribution in [1.29, 1.82) is 0 Å². The number of anilines is 3. The maximum Gasteiger partial charge on any atom is 0.222 e. The van der Waals surface area contributed by atoms with E-state index in [4.69, 9.17) is 9.47 Å². The number of hydrogen-bond acceptors (Lipinski definition) is 7. The number of pyridine rings is 1. The predicted octanol–water partition coefficient (Wildman–Crippen LogP) is 3.06. The second kappa shape index (κ2) is 9.36. The molecule has 0 spiro atoms. The van der Waals surface area contributed by atoms with Crippen molar-refractivity contribution in [1.82, 2.24) is 15.0 Å². The molecule has 1 amide bonds. The van der Waals surface area contributed by atoms with E-state index in [1.54, 1.807) is 26.2 Å². The normalized spacial score (nSPS) is 12.9. The fourth-order valence-corrected chi connectivity index (χ4v) is 2.20. The van der Waals surface area contributed by atoms with Gasteiger partial charge in [0.15, 0.2) is 17.2 Å². The lowest BCUT2D eigenvalue weighted by atomic mass is 10.1. The van der Waals surface area contributed by atoms with E-state index in [0.29, 0.717) is 29.6 Å². The van der Waals surface area contributed by atoms with Crippen LogP contribution in [0.15, 0.2) is 18.3 Å². The summed E-state index contributed by atoms with van der Waals surface area (Å²) in [6, 6.07) is 3.12. The summed E-state index contributed by atoms with van der Waals surface area (Å²) in [6.07, 6.45) is 1.43. The smallest absolute Gasteiger partial charge is 0.222 e. The van der Waals surface area contributed by atoms with Crippen LogP contribution in [0, 0.1) is 6.92 Å². The Morgan fingerprint density at radius 3 is 2.64 bits per heavy atom. The van der Waals surface area contributed by atoms with E-state index < -0.39 is 12.3 Å². The predicted molar refractivity (Wildman–Crippen MR) is 100 cm³/mol. The SMILES string of the molecule is COCCOc1cnc(NC(C)=O)cc1Nc1cc(C)nc([C@](C)(F)CF)n1. The van der Waals surface area contributed by atoms with E-state index in [2.05, 4.69) is 25.6 Å². The number of alkyl halides is 2. The highest BCUT2D eigenvalue weighted by Gasteiger charge is 2.30. The van der Waals surface area contributed by atoms with Crippen LogP contribution in [0.1, 0.15) is 25.4 Å². The summed E-state index contributed by atoms with van der Waals surface area (Å²) < 4.78 is 37.9. The van der Waals surface area contributed by atoms with Gasteiger partial charge in [0.25, 0.3) is 0 Å². The summed E-state index contributed by atoms with van der Waals surface area (Å²) in [5, 5.41) is 5.56. The van der Waals surface area contributed by atoms with Gasteiger partial charge in [0.2, 0.25) is 5.91 Å². The molecule has 2 aromatic rings. The Kier molecular flexibility index (Phi) is 7.16. The minimum Gasteiger partial charge on any atom is -0.487 e. The molecule has 28 heavy (non-hydrogen) atoms. The number of rotatable bonds is 9. The van der Waals surface area contributed by atoms with Gasteiger partial charge in [0, 0.05) is 31.9 Å². The number of methoxy groups -OCH3 is 1. The lowest BCUT2D eigenvalue weighted by molar-refractivity contribution is -0.114. The Morgan fingerprint density at radius 1 is 1.25 bits per heavy atom. The van der Waals surface area contributed by atoms with Crippen LogP contribution in [-0.4, -0.2) is 47.9 Å². The van der Waals surface area contributed by atoms with Crippen molar-refractivity contribution in [2.45, 2.75) is 26.4 Å². The average Bonchev–Trinajstić information content (AvgIpc) is 2.62. The van der Waals surface area contributed by atoms with Crippen LogP contribution >= 0.6 is 0 Å². The van der Waals surface area contributed by atoms with Crippen molar-refractivity contribution >= 4 is 23.2 Å². The molecule has 0 bridgehead atoms. The van der Waals surface area contributed by atoms with Crippen molar-refractivity contribution in [3.8, 4) is 5.75 Å². The number of hydrogen-bond donors (Lipinski definition) is 2. The van der Waals surface area contributed by atoms with E-state index in [0.717, 1.165) is 6.92 Å². The van der Waals surface area contributed by atoms with Gasteiger partial charge in [-0.1, -0.05) is 0 Å². The van der Waals surface area contributed by atoms with Crippen molar-refractivity contribution < 1.29 is 23.0 Å². The van der Waals surface area contributed by atoms with Gasteiger partial charge in [0.1, 0.15) is 24.9 Å². The summed E-state index contributed by atoms with van der Waals surface area (Å²) in [4.78, 5) is 23.5. The minimum atomic E-state index is -2.31. The van der Waals surface area contributed by atoms with E-state index in [9.17, 15) is 13.6 Å². The first kappa shape index (κ1) is 21.4. The van der Waals surface area contributed by atoms with Crippen LogP contribution < -0.4 is 15.4 Å². The third-order valence-electron chi connectivity index (χ3n) is 3.55. The van der Waals surface area contributed by atoms with E-state index in [1.807, 2.05) is 0 Å². The maximum absolute atomic E-state index is 14.3. The van der Waals surface area contributed by atoms with Crippen molar-refractivity contribution in [3.05, 3.63) is 29.8 Å². The summed E-state index contributed by atoms with van der Waals surface area (Å²) in [6.45, 7) is 3.47. The second-order valence-electron chi connectivity index (χ2n) is 6.26. The van der Waals surface area contributed by atoms with Gasteiger partial charge in [-0.3, -0.25) is 4.79 Å². The van der Waals surface area contributed by atoms with E-state index >= 15 is 0 Å². The van der Waals surface area contributed by atoms with Gasteiger partial charge < -0.3 is 20.1 Å². The molecule has 10 heteroatoms. The van der Waals surface area contributed by atoms with Gasteiger partial charge in [-0.2, -0.15) is 0 Å². The lowest BCUT2D eigenvalue weighted by Gasteiger charge is -2.18. The standard InChI is InChI=1S/C18H23F2N5O3/c1-11-7-16(25-17(22-11)18(3,20)10-19)24-13-8-15(23-12(2)26)21-9-14(13)28-6-5-27-4/h7-9H,5-6,10H2,1-4H3,(H2,21,22,23,24,25,26)/t18-/m1/s1. The number of carbonyl (C=O) groups is 1. The monoisotopic (exact) mass is 395 g/mol. The van der Waals surface area contributed by atoms with E-state index in [1.165, 1.54) is 13.1 Å². The van der Waals surface area contributed by atoms with Crippen LogP contribution in [0.2, 0.25) is 0 Å². The molecule has 0 aromatic carbocycles. The highest BCUT2D eigenvalue weighted by molar-refractivity contribution is 5.88. The number of amides is 1. The van der Waals surface area contributed by atoms with Crippen molar-refractivity contribution in [2.75, 3.05) is 37.6 Å². The summed E-state index contributed by atoms with van der Waals surface area (Å²) in [7, 11) is 1.55. The zero-order valence-electron chi connectivity index (χ0n) is 16.2. The largest absolute Gasteiger partial charge is 0.487 e. The number of carbonyl (C=O) groups excluding carboxylic acids is 1. The van der Waals surface area contributed by atoms with Gasteiger partial charge in [0.05, 0.1) is 18.5 Å². The first-order valence-electron chi connectivity index (χ1n) is 8.52. The topological polar surface area (TPSA) is 98.3 Å². The fourth-order valence-electron chi connectivity index (χ4n) is 2.20. The van der Waals surface area contributed by atoms with Crippen LogP contribution in [-0.2, 0) is 15.2 Å². The third kappa shape index (κ3) is 5.81. The molecule has 2 aromatic heterocycles. The molecule has 8 nitrogen and oxygen atoms in total. The van der Waals surface area contributed by atoms with E-state index in [-0.39, 0.29) is 24.2 Å². The molecule has 0 aliphatic heterocycles. The molecule has 0 aliphatic rings. The van der Waals surface area contributed by atoms with Crippen LogP contribution in [0.5, 0.6) is 5.75 Å². The average molecular weight is 395 g/mol. The number of halogens is 2. The number of nitrogens with zero attached hydrogens (tertiary/aromatic N) is 3. The molecule has 0 fully saturated rings. The van der Waals surface area contributed by atoms with Crippen molar-refractivity contribution in [2.24, 2.45) is 0 Å². The highest BCUT2D eigenvalue weighted by atomic mass is 19.2. The molecule has 0 saturated heterocycles. The molecule has 2 heterocycles. The molecule has 152 valence electrons. The Hall–Kier alpha value is -2.88. The van der Waals surface area contributed by atoms with Crippen LogP contribution in [0.25, 0.3) is 0 Å². The molecular weight excluding hydrogens is 372 g/mol. The molecule has 0 unspecified atom stereocenters. The minimum absolute atomic E-state index is 0.247. The van der Waals surface area contributed by atoms with Gasteiger partial charge in [-0.15, -0.1) is 0 Å². The quantitative estimate of drug-likeness (QED) is 0.630. The Morgan fingerprint density at radius 2 is 2.00 bits per heavy atom. The molecule has 1 atom stereocenters. The number of nitrogens with one attached hydrogen (secondary N) is 2. The van der Waals surface area contributed by atoms with Crippen LogP contribution in [0.3, 0.4) is 0 Å². The first-order chi connectivity index (χ1) is 13.2. The Labute approximate surface area is 161 Å². The number of ether oxygens (including phenoxy) is 2. The third-order valence-corrected chi connectivity index (χ3v) is 3.55. The second-order valence-corrected chi connectivity index (χ2v) is 6.26. The highest BCUT2D eigenvalue weighted by Crippen LogP contribution is 2.30. The zero-order chi connectivity index (χ0) is 20.7. The summed E-state index contributed by atoms with van der Waals surface area (Å²) in [5.74, 6) is 0.353. The Balaban J connectivity index is 2.37. The number of aromatic nitrogens is 3. The zero-order valence-corrected chi connectivity index (χ0v) is 16.2. The molecule has 2 rings (SSSR count). The van der Waals surface area contributed by atoms with Gasteiger partial charge in [-0.05, 0) is 13.8 Å². The first-order valence-corrected chi connectivity index (χ1v) is 8.52. The molecule has 0 radical (unpaired) electrons. The van der Waals surface area contributed by atoms with Crippen LogP contribution in [0.4, 0.5) is 26.1 Å².